The number of nitrogens with one attached hydrogen (secondary N) is 4. The van der Waals surface area contributed by atoms with Crippen molar-refractivity contribution < 1.29 is 22.2 Å². The van der Waals surface area contributed by atoms with Gasteiger partial charge in [-0.3, -0.25) is 10.5 Å². The number of aromatic nitrogens is 3. The second-order valence-electron chi connectivity index (χ2n) is 4.36. The van der Waals surface area contributed by atoms with E-state index in [4.69, 9.17) is 5.73 Å². The van der Waals surface area contributed by atoms with Crippen LogP contribution in [0.2, 0.25) is 0 Å². The summed E-state index contributed by atoms with van der Waals surface area (Å²) in [5, 5.41) is 2.82. The van der Waals surface area contributed by atoms with E-state index in [9.17, 15) is 4.79 Å². The molecule has 0 aliphatic rings. The van der Waals surface area contributed by atoms with E-state index < -0.39 is 0 Å². The van der Waals surface area contributed by atoms with E-state index in [1.807, 2.05) is 24.3 Å². The van der Waals surface area contributed by atoms with Gasteiger partial charge in [-0.15, -0.1) is 0 Å². The number of hydrogen-bond acceptors (Lipinski definition) is 2. The van der Waals surface area contributed by atoms with Crippen molar-refractivity contribution in [3.05, 3.63) is 54.5 Å². The zero-order valence-electron chi connectivity index (χ0n) is 11.0. The Morgan fingerprint density at radius 2 is 1.95 bits per heavy atom. The first-order valence-electron chi connectivity index (χ1n) is 6.14. The smallest absolute Gasteiger partial charge is 0.350 e. The number of benzene rings is 1. The van der Waals surface area contributed by atoms with Crippen LogP contribution >= 0.6 is 0 Å². The molecule has 0 atom stereocenters. The quantitative estimate of drug-likeness (QED) is 0.481. The number of aromatic amines is 3. The third kappa shape index (κ3) is 3.24. The number of carbonyl (C=O) groups excluding carboxylic acids is 1. The van der Waals surface area contributed by atoms with Gasteiger partial charge in [-0.2, -0.15) is 0 Å². The van der Waals surface area contributed by atoms with Crippen LogP contribution < -0.4 is 28.4 Å². The molecule has 6 N–H and O–H groups in total. The Bertz CT molecular complexity index is 718. The number of hydrogen-bond donors (Lipinski definition) is 4. The highest BCUT2D eigenvalue weighted by Crippen LogP contribution is 2.19. The van der Waals surface area contributed by atoms with Crippen LogP contribution in [0.5, 0.6) is 0 Å². The van der Waals surface area contributed by atoms with Gasteiger partial charge in [0.05, 0.1) is 0 Å². The number of H-pyrrole nitrogens is 3. The molecule has 108 valence electrons. The van der Waals surface area contributed by atoms with Crippen LogP contribution in [-0.4, -0.2) is 15.9 Å². The van der Waals surface area contributed by atoms with Crippen molar-refractivity contribution in [2.75, 3.05) is 11.1 Å². The topological polar surface area (TPSA) is 101 Å². The van der Waals surface area contributed by atoms with E-state index in [1.54, 1.807) is 24.5 Å². The highest BCUT2D eigenvalue weighted by atomic mass is 35.5. The van der Waals surface area contributed by atoms with E-state index >= 15 is 0 Å². The fraction of sp³-hybridized carbons (Fsp3) is 0. The Hall–Kier alpha value is -2.73. The molecule has 3 rings (SSSR count). The Morgan fingerprint density at radius 3 is 2.52 bits per heavy atom. The van der Waals surface area contributed by atoms with Gasteiger partial charge < -0.3 is 22.7 Å². The van der Waals surface area contributed by atoms with Crippen LogP contribution in [0, 0.1) is 0 Å². The monoisotopic (exact) mass is 303 g/mol. The largest absolute Gasteiger partial charge is 1.00 e. The first kappa shape index (κ1) is 14.7. The molecule has 3 aromatic rings. The Balaban J connectivity index is 0.00000161. The number of imidazole rings is 1. The standard InChI is InChI=1S/C14H13N5O.ClH/c15-14-17-8-12(19-14)9-3-5-10(6-4-9)18-13(20)11-2-1-7-16-11;/h1-8,16H,(H,18,20)(H3,15,17,19);1H. The van der Waals surface area contributed by atoms with E-state index in [2.05, 4.69) is 20.3 Å². The summed E-state index contributed by atoms with van der Waals surface area (Å²) < 4.78 is 0. The summed E-state index contributed by atoms with van der Waals surface area (Å²) in [5.41, 5.74) is 8.73. The fourth-order valence-corrected chi connectivity index (χ4v) is 1.93. The highest BCUT2D eigenvalue weighted by molar-refractivity contribution is 6.02. The molecular formula is C14H14ClN5O. The zero-order chi connectivity index (χ0) is 13.9. The summed E-state index contributed by atoms with van der Waals surface area (Å²) in [4.78, 5) is 20.6. The number of nitrogens with two attached hydrogens (primary N) is 1. The molecule has 1 aromatic carbocycles. The normalized spacial score (nSPS) is 9.90. The molecule has 0 saturated carbocycles. The van der Waals surface area contributed by atoms with Crippen molar-refractivity contribution in [3.8, 4) is 11.3 Å². The molecular weight excluding hydrogens is 290 g/mol. The van der Waals surface area contributed by atoms with Crippen LogP contribution in [0.1, 0.15) is 10.5 Å². The number of rotatable bonds is 3. The summed E-state index contributed by atoms with van der Waals surface area (Å²) in [6, 6.07) is 11.0. The van der Waals surface area contributed by atoms with Gasteiger partial charge in [0.25, 0.3) is 5.91 Å². The molecule has 7 heteroatoms. The maximum atomic E-state index is 11.9. The molecule has 1 amide bonds. The van der Waals surface area contributed by atoms with E-state index in [0.717, 1.165) is 16.9 Å². The van der Waals surface area contributed by atoms with Gasteiger partial charge >= 0.3 is 5.95 Å². The maximum Gasteiger partial charge on any atom is 0.350 e. The molecule has 2 aromatic heterocycles. The van der Waals surface area contributed by atoms with E-state index in [-0.39, 0.29) is 18.3 Å². The Kier molecular flexibility index (Phi) is 4.30. The molecule has 0 fully saturated rings. The lowest BCUT2D eigenvalue weighted by Crippen LogP contribution is -3.00. The first-order chi connectivity index (χ1) is 9.72. The zero-order valence-corrected chi connectivity index (χ0v) is 11.7. The van der Waals surface area contributed by atoms with Gasteiger partial charge in [0.2, 0.25) is 0 Å². The van der Waals surface area contributed by atoms with E-state index in [1.165, 1.54) is 0 Å². The summed E-state index contributed by atoms with van der Waals surface area (Å²) in [6.45, 7) is 0. The average Bonchev–Trinajstić information content (AvgIpc) is 3.10. The minimum atomic E-state index is -0.166. The van der Waals surface area contributed by atoms with Crippen LogP contribution in [0.3, 0.4) is 0 Å². The molecule has 0 unspecified atom stereocenters. The van der Waals surface area contributed by atoms with Gasteiger partial charge in [0.15, 0.2) is 0 Å². The lowest BCUT2D eigenvalue weighted by atomic mass is 10.1. The average molecular weight is 304 g/mol. The summed E-state index contributed by atoms with van der Waals surface area (Å²) in [5.74, 6) is 0.337. The van der Waals surface area contributed by atoms with Gasteiger partial charge in [0, 0.05) is 17.4 Å². The summed E-state index contributed by atoms with van der Waals surface area (Å²) in [6.07, 6.45) is 3.51. The number of carbonyl (C=O) groups is 1. The molecule has 0 bridgehead atoms. The van der Waals surface area contributed by atoms with Gasteiger partial charge in [-0.1, -0.05) is 0 Å². The third-order valence-corrected chi connectivity index (χ3v) is 2.94. The predicted octanol–water partition coefficient (Wildman–Crippen LogP) is -1.34. The van der Waals surface area contributed by atoms with Crippen LogP contribution in [0.4, 0.5) is 11.6 Å². The third-order valence-electron chi connectivity index (χ3n) is 2.94. The number of anilines is 2. The molecule has 0 spiro atoms. The molecule has 0 aliphatic heterocycles. The summed E-state index contributed by atoms with van der Waals surface area (Å²) >= 11 is 0. The Morgan fingerprint density at radius 1 is 1.19 bits per heavy atom. The highest BCUT2D eigenvalue weighted by Gasteiger charge is 2.08. The van der Waals surface area contributed by atoms with Crippen molar-refractivity contribution in [2.24, 2.45) is 0 Å². The van der Waals surface area contributed by atoms with Gasteiger partial charge in [-0.05, 0) is 36.4 Å². The minimum Gasteiger partial charge on any atom is -1.00 e. The number of nitrogen functional groups attached to an aromatic ring is 1. The fourth-order valence-electron chi connectivity index (χ4n) is 1.93. The van der Waals surface area contributed by atoms with Crippen LogP contribution in [0.15, 0.2) is 48.8 Å². The molecule has 2 heterocycles. The van der Waals surface area contributed by atoms with Crippen molar-refractivity contribution in [2.45, 2.75) is 0 Å². The first-order valence-corrected chi connectivity index (χ1v) is 6.14. The SMILES string of the molecule is Nc1[nH]c(-c2ccc(NC(=O)c3ccc[nH]3)cc2)c[nH+]1.[Cl-]. The van der Waals surface area contributed by atoms with Crippen molar-refractivity contribution >= 4 is 17.5 Å². The van der Waals surface area contributed by atoms with Gasteiger partial charge in [-0.25, -0.2) is 9.97 Å². The van der Waals surface area contributed by atoms with Crippen LogP contribution in [-0.2, 0) is 0 Å². The second kappa shape index (κ2) is 6.15. The molecule has 21 heavy (non-hydrogen) atoms. The maximum absolute atomic E-state index is 11.9. The summed E-state index contributed by atoms with van der Waals surface area (Å²) in [7, 11) is 0. The molecule has 0 aliphatic carbocycles. The predicted molar refractivity (Wildman–Crippen MR) is 75.9 cm³/mol. The minimum absolute atomic E-state index is 0. The lowest BCUT2D eigenvalue weighted by Gasteiger charge is -2.04. The molecule has 0 radical (unpaired) electrons. The second-order valence-corrected chi connectivity index (χ2v) is 4.36. The Labute approximate surface area is 127 Å². The van der Waals surface area contributed by atoms with Crippen molar-refractivity contribution in [1.82, 2.24) is 9.97 Å². The van der Waals surface area contributed by atoms with Crippen molar-refractivity contribution in [1.29, 1.82) is 0 Å². The molecule has 6 nitrogen and oxygen atoms in total. The van der Waals surface area contributed by atoms with Crippen molar-refractivity contribution in [3.63, 3.8) is 0 Å². The van der Waals surface area contributed by atoms with E-state index in [0.29, 0.717) is 11.6 Å². The van der Waals surface area contributed by atoms with Crippen LogP contribution in [0.25, 0.3) is 11.3 Å². The number of amides is 1. The number of halogens is 1. The lowest BCUT2D eigenvalue weighted by molar-refractivity contribution is -0.357. The van der Waals surface area contributed by atoms with Gasteiger partial charge in [0.1, 0.15) is 17.6 Å². The molecule has 0 saturated heterocycles.